The molecule has 1 atom stereocenters. The Bertz CT molecular complexity index is 1310. The van der Waals surface area contributed by atoms with Gasteiger partial charge in [0.25, 0.3) is 5.91 Å². The van der Waals surface area contributed by atoms with Crippen molar-refractivity contribution in [3.8, 4) is 0 Å². The predicted molar refractivity (Wildman–Crippen MR) is 137 cm³/mol. The van der Waals surface area contributed by atoms with Crippen LogP contribution in [0.3, 0.4) is 0 Å². The van der Waals surface area contributed by atoms with Crippen molar-refractivity contribution in [3.05, 3.63) is 82.1 Å². The van der Waals surface area contributed by atoms with Gasteiger partial charge in [0, 0.05) is 31.1 Å². The number of sulfone groups is 1. The SMILES string of the molecule is CCS(=O)(=O)c1ccc(CNC(=O)c2ccc3c(c2)CN(c2ncc(Cl)cn2)CC3C(C)C)cc1. The summed E-state index contributed by atoms with van der Waals surface area (Å²) in [4.78, 5) is 24.1. The number of nitrogens with one attached hydrogen (secondary N) is 1. The third-order valence-corrected chi connectivity index (χ3v) is 8.34. The lowest BCUT2D eigenvalue weighted by Gasteiger charge is -2.37. The van der Waals surface area contributed by atoms with Crippen LogP contribution in [-0.4, -0.2) is 36.6 Å². The molecule has 184 valence electrons. The van der Waals surface area contributed by atoms with E-state index in [2.05, 4.69) is 40.1 Å². The number of aromatic nitrogens is 2. The predicted octanol–water partition coefficient (Wildman–Crippen LogP) is 4.61. The highest BCUT2D eigenvalue weighted by molar-refractivity contribution is 7.91. The summed E-state index contributed by atoms with van der Waals surface area (Å²) >= 11 is 5.96. The van der Waals surface area contributed by atoms with E-state index < -0.39 is 9.84 Å². The van der Waals surface area contributed by atoms with E-state index in [0.29, 0.717) is 40.4 Å². The van der Waals surface area contributed by atoms with Crippen molar-refractivity contribution in [1.29, 1.82) is 0 Å². The number of carbonyl (C=O) groups excluding carboxylic acids is 1. The minimum Gasteiger partial charge on any atom is -0.348 e. The molecular formula is C26H29ClN4O3S. The Hall–Kier alpha value is -2.97. The zero-order valence-corrected chi connectivity index (χ0v) is 21.6. The molecule has 3 aromatic rings. The molecule has 1 aliphatic rings. The minimum absolute atomic E-state index is 0.0562. The Balaban J connectivity index is 1.50. The number of benzene rings is 2. The summed E-state index contributed by atoms with van der Waals surface area (Å²) < 4.78 is 24.0. The second kappa shape index (κ2) is 10.3. The van der Waals surface area contributed by atoms with E-state index in [9.17, 15) is 13.2 Å². The summed E-state index contributed by atoms with van der Waals surface area (Å²) in [6.45, 7) is 7.71. The zero-order chi connectivity index (χ0) is 25.2. The molecule has 1 aromatic heterocycles. The molecule has 9 heteroatoms. The van der Waals surface area contributed by atoms with E-state index in [1.54, 1.807) is 43.6 Å². The molecule has 2 heterocycles. The number of nitrogens with zero attached hydrogens (tertiary/aromatic N) is 3. The van der Waals surface area contributed by atoms with Gasteiger partial charge in [-0.25, -0.2) is 18.4 Å². The van der Waals surface area contributed by atoms with Gasteiger partial charge in [0.15, 0.2) is 9.84 Å². The lowest BCUT2D eigenvalue weighted by molar-refractivity contribution is 0.0950. The Kier molecular flexibility index (Phi) is 7.42. The molecule has 0 saturated heterocycles. The Labute approximate surface area is 211 Å². The van der Waals surface area contributed by atoms with Gasteiger partial charge in [-0.1, -0.05) is 50.6 Å². The van der Waals surface area contributed by atoms with Crippen LogP contribution in [0.5, 0.6) is 0 Å². The molecule has 1 N–H and O–H groups in total. The lowest BCUT2D eigenvalue weighted by atomic mass is 9.82. The van der Waals surface area contributed by atoms with Crippen LogP contribution in [0, 0.1) is 5.92 Å². The van der Waals surface area contributed by atoms with Gasteiger partial charge in [0.1, 0.15) is 0 Å². The lowest BCUT2D eigenvalue weighted by Crippen LogP contribution is -2.37. The van der Waals surface area contributed by atoms with Crippen LogP contribution in [0.15, 0.2) is 59.8 Å². The molecule has 4 rings (SSSR count). The van der Waals surface area contributed by atoms with E-state index in [0.717, 1.165) is 17.7 Å². The number of carbonyl (C=O) groups is 1. The summed E-state index contributed by atoms with van der Waals surface area (Å²) in [5.41, 5.74) is 3.73. The number of anilines is 1. The molecule has 1 unspecified atom stereocenters. The molecule has 0 aliphatic carbocycles. The van der Waals surface area contributed by atoms with Crippen molar-refractivity contribution in [2.45, 2.75) is 44.7 Å². The maximum absolute atomic E-state index is 12.9. The maximum atomic E-state index is 12.9. The van der Waals surface area contributed by atoms with Gasteiger partial charge >= 0.3 is 0 Å². The minimum atomic E-state index is -3.24. The van der Waals surface area contributed by atoms with Crippen LogP contribution in [0.4, 0.5) is 5.95 Å². The van der Waals surface area contributed by atoms with Crippen molar-refractivity contribution in [1.82, 2.24) is 15.3 Å². The molecule has 0 radical (unpaired) electrons. The molecule has 0 spiro atoms. The van der Waals surface area contributed by atoms with E-state index in [1.807, 2.05) is 12.1 Å². The van der Waals surface area contributed by atoms with Crippen molar-refractivity contribution in [2.24, 2.45) is 5.92 Å². The van der Waals surface area contributed by atoms with Gasteiger partial charge in [-0.3, -0.25) is 4.79 Å². The summed E-state index contributed by atoms with van der Waals surface area (Å²) in [6.07, 6.45) is 3.19. The van der Waals surface area contributed by atoms with E-state index >= 15 is 0 Å². The molecule has 0 fully saturated rings. The number of rotatable bonds is 7. The van der Waals surface area contributed by atoms with Gasteiger partial charge in [-0.05, 0) is 46.9 Å². The molecular weight excluding hydrogens is 484 g/mol. The summed E-state index contributed by atoms with van der Waals surface area (Å²) in [5, 5.41) is 3.43. The van der Waals surface area contributed by atoms with Crippen molar-refractivity contribution < 1.29 is 13.2 Å². The van der Waals surface area contributed by atoms with Crippen LogP contribution < -0.4 is 10.2 Å². The first kappa shape index (κ1) is 25.1. The molecule has 1 aliphatic heterocycles. The quantitative estimate of drug-likeness (QED) is 0.497. The molecule has 35 heavy (non-hydrogen) atoms. The van der Waals surface area contributed by atoms with Gasteiger partial charge in [0.2, 0.25) is 5.95 Å². The van der Waals surface area contributed by atoms with Gasteiger partial charge in [-0.2, -0.15) is 0 Å². The Morgan fingerprint density at radius 2 is 1.83 bits per heavy atom. The van der Waals surface area contributed by atoms with E-state index in [4.69, 9.17) is 11.6 Å². The summed E-state index contributed by atoms with van der Waals surface area (Å²) in [7, 11) is -3.24. The first-order valence-electron chi connectivity index (χ1n) is 11.6. The van der Waals surface area contributed by atoms with Crippen molar-refractivity contribution >= 4 is 33.3 Å². The fourth-order valence-corrected chi connectivity index (χ4v) is 5.29. The first-order valence-corrected chi connectivity index (χ1v) is 13.7. The fraction of sp³-hybridized carbons (Fsp3) is 0.346. The number of fused-ring (bicyclic) bond motifs is 1. The highest BCUT2D eigenvalue weighted by Gasteiger charge is 2.29. The highest BCUT2D eigenvalue weighted by atomic mass is 35.5. The molecule has 2 aromatic carbocycles. The fourth-order valence-electron chi connectivity index (χ4n) is 4.31. The Morgan fingerprint density at radius 3 is 2.46 bits per heavy atom. The smallest absolute Gasteiger partial charge is 0.251 e. The van der Waals surface area contributed by atoms with Gasteiger partial charge < -0.3 is 10.2 Å². The highest BCUT2D eigenvalue weighted by Crippen LogP contribution is 2.35. The standard InChI is InChI=1S/C26H29ClN4O3S/c1-4-35(33,34)22-8-5-18(6-9-22)12-28-25(32)19-7-10-23-20(11-19)15-31(16-24(23)17(2)3)26-29-13-21(27)14-30-26/h5-11,13-14,17,24H,4,12,15-16H2,1-3H3,(H,28,32). The normalized spacial score (nSPS) is 15.7. The largest absolute Gasteiger partial charge is 0.348 e. The van der Waals surface area contributed by atoms with Crippen LogP contribution in [0.1, 0.15) is 53.7 Å². The van der Waals surface area contributed by atoms with E-state index in [1.165, 1.54) is 5.56 Å². The average Bonchev–Trinajstić information content (AvgIpc) is 2.86. The van der Waals surface area contributed by atoms with Crippen LogP contribution in [0.25, 0.3) is 0 Å². The second-order valence-corrected chi connectivity index (χ2v) is 11.8. The second-order valence-electron chi connectivity index (χ2n) is 9.08. The molecule has 0 bridgehead atoms. The van der Waals surface area contributed by atoms with Crippen LogP contribution >= 0.6 is 11.6 Å². The topological polar surface area (TPSA) is 92.3 Å². The number of hydrogen-bond acceptors (Lipinski definition) is 6. The Morgan fingerprint density at radius 1 is 1.14 bits per heavy atom. The van der Waals surface area contributed by atoms with Gasteiger partial charge in [0.05, 0.1) is 28.1 Å². The molecule has 1 amide bonds. The average molecular weight is 513 g/mol. The van der Waals surface area contributed by atoms with Crippen molar-refractivity contribution in [2.75, 3.05) is 17.2 Å². The van der Waals surface area contributed by atoms with Gasteiger partial charge in [-0.15, -0.1) is 0 Å². The molecule has 0 saturated carbocycles. The number of amides is 1. The van der Waals surface area contributed by atoms with E-state index in [-0.39, 0.29) is 17.6 Å². The summed E-state index contributed by atoms with van der Waals surface area (Å²) in [6, 6.07) is 12.5. The van der Waals surface area contributed by atoms with Crippen molar-refractivity contribution in [3.63, 3.8) is 0 Å². The van der Waals surface area contributed by atoms with Crippen LogP contribution in [0.2, 0.25) is 5.02 Å². The summed E-state index contributed by atoms with van der Waals surface area (Å²) in [5.74, 6) is 1.19. The third-order valence-electron chi connectivity index (χ3n) is 6.39. The van der Waals surface area contributed by atoms with Crippen LogP contribution in [-0.2, 0) is 22.9 Å². The third kappa shape index (κ3) is 5.65. The first-order chi connectivity index (χ1) is 16.7. The number of halogens is 1. The monoisotopic (exact) mass is 512 g/mol. The molecule has 7 nitrogen and oxygen atoms in total. The number of hydrogen-bond donors (Lipinski definition) is 1. The zero-order valence-electron chi connectivity index (χ0n) is 20.0. The maximum Gasteiger partial charge on any atom is 0.251 e.